The summed E-state index contributed by atoms with van der Waals surface area (Å²) in [6.07, 6.45) is 1.69. The Morgan fingerprint density at radius 1 is 1.41 bits per heavy atom. The highest BCUT2D eigenvalue weighted by Gasteiger charge is 2.10. The van der Waals surface area contributed by atoms with Crippen molar-refractivity contribution in [1.82, 2.24) is 20.3 Å². The molecule has 0 bridgehead atoms. The number of nitrogens with one attached hydrogen (secondary N) is 1. The van der Waals surface area contributed by atoms with Crippen LogP contribution in [0.2, 0.25) is 0 Å². The van der Waals surface area contributed by atoms with E-state index in [1.165, 1.54) is 6.07 Å². The molecule has 0 aliphatic rings. The fourth-order valence-electron chi connectivity index (χ4n) is 1.66. The van der Waals surface area contributed by atoms with Crippen LogP contribution in [-0.4, -0.2) is 21.5 Å². The van der Waals surface area contributed by atoms with Crippen molar-refractivity contribution in [2.45, 2.75) is 20.4 Å². The van der Waals surface area contributed by atoms with Gasteiger partial charge in [-0.05, 0) is 25.6 Å². The van der Waals surface area contributed by atoms with Crippen LogP contribution in [0.1, 0.15) is 18.2 Å². The number of hydrogen-bond acceptors (Lipinski definition) is 3. The van der Waals surface area contributed by atoms with Crippen LogP contribution in [-0.2, 0) is 6.54 Å². The minimum absolute atomic E-state index is 0.229. The van der Waals surface area contributed by atoms with Crippen molar-refractivity contribution >= 4 is 0 Å². The molecule has 17 heavy (non-hydrogen) atoms. The van der Waals surface area contributed by atoms with Gasteiger partial charge in [-0.25, -0.2) is 9.07 Å². The summed E-state index contributed by atoms with van der Waals surface area (Å²) in [4.78, 5) is 0. The minimum Gasteiger partial charge on any atom is -0.311 e. The first-order valence-electron chi connectivity index (χ1n) is 5.59. The van der Waals surface area contributed by atoms with E-state index in [0.717, 1.165) is 17.9 Å². The Hall–Kier alpha value is -1.75. The van der Waals surface area contributed by atoms with Crippen molar-refractivity contribution in [3.05, 3.63) is 41.5 Å². The number of hydrogen-bond donors (Lipinski definition) is 1. The van der Waals surface area contributed by atoms with E-state index in [4.69, 9.17) is 0 Å². The number of halogens is 1. The predicted molar refractivity (Wildman–Crippen MR) is 63.4 cm³/mol. The summed E-state index contributed by atoms with van der Waals surface area (Å²) in [5.41, 5.74) is 2.23. The van der Waals surface area contributed by atoms with Crippen LogP contribution < -0.4 is 5.32 Å². The average molecular weight is 234 g/mol. The van der Waals surface area contributed by atoms with E-state index in [1.54, 1.807) is 23.9 Å². The van der Waals surface area contributed by atoms with Gasteiger partial charge in [-0.3, -0.25) is 0 Å². The topological polar surface area (TPSA) is 42.7 Å². The van der Waals surface area contributed by atoms with Gasteiger partial charge in [0.15, 0.2) is 0 Å². The van der Waals surface area contributed by atoms with Crippen molar-refractivity contribution in [2.24, 2.45) is 0 Å². The van der Waals surface area contributed by atoms with Gasteiger partial charge in [-0.15, -0.1) is 5.10 Å². The van der Waals surface area contributed by atoms with E-state index in [9.17, 15) is 4.39 Å². The highest BCUT2D eigenvalue weighted by molar-refractivity contribution is 5.41. The van der Waals surface area contributed by atoms with Gasteiger partial charge in [0, 0.05) is 12.1 Å². The Morgan fingerprint density at radius 2 is 2.24 bits per heavy atom. The molecule has 0 aliphatic heterocycles. The zero-order valence-corrected chi connectivity index (χ0v) is 9.94. The van der Waals surface area contributed by atoms with Crippen LogP contribution in [0.5, 0.6) is 0 Å². The second-order valence-electron chi connectivity index (χ2n) is 3.80. The zero-order chi connectivity index (χ0) is 12.3. The Morgan fingerprint density at radius 3 is 3.00 bits per heavy atom. The SMILES string of the molecule is CCNCc1cnnn1-c1cccc(F)c1C. The number of benzene rings is 1. The molecule has 0 unspecified atom stereocenters. The summed E-state index contributed by atoms with van der Waals surface area (Å²) in [5, 5.41) is 11.1. The third-order valence-electron chi connectivity index (χ3n) is 2.64. The second-order valence-corrected chi connectivity index (χ2v) is 3.80. The Bertz CT molecular complexity index is 507. The molecule has 2 rings (SSSR count). The number of nitrogens with zero attached hydrogens (tertiary/aromatic N) is 3. The molecule has 0 fully saturated rings. The normalized spacial score (nSPS) is 10.8. The smallest absolute Gasteiger partial charge is 0.128 e. The molecule has 4 nitrogen and oxygen atoms in total. The van der Waals surface area contributed by atoms with E-state index in [2.05, 4.69) is 15.6 Å². The Labute approximate surface area is 99.5 Å². The molecule has 1 heterocycles. The van der Waals surface area contributed by atoms with Gasteiger partial charge in [0.25, 0.3) is 0 Å². The molecule has 0 amide bonds. The monoisotopic (exact) mass is 234 g/mol. The molecule has 1 N–H and O–H groups in total. The van der Waals surface area contributed by atoms with E-state index in [0.29, 0.717) is 12.1 Å². The fraction of sp³-hybridized carbons (Fsp3) is 0.333. The molecular weight excluding hydrogens is 219 g/mol. The first kappa shape index (κ1) is 11.7. The zero-order valence-electron chi connectivity index (χ0n) is 9.94. The first-order valence-corrected chi connectivity index (χ1v) is 5.59. The van der Waals surface area contributed by atoms with Gasteiger partial charge in [-0.1, -0.05) is 18.2 Å². The van der Waals surface area contributed by atoms with E-state index in [1.807, 2.05) is 13.0 Å². The van der Waals surface area contributed by atoms with Crippen molar-refractivity contribution in [3.63, 3.8) is 0 Å². The average Bonchev–Trinajstić information content (AvgIpc) is 2.78. The lowest BCUT2D eigenvalue weighted by atomic mass is 10.2. The summed E-state index contributed by atoms with van der Waals surface area (Å²) in [5.74, 6) is -0.229. The maximum atomic E-state index is 13.5. The van der Waals surface area contributed by atoms with Crippen LogP contribution in [0.4, 0.5) is 4.39 Å². The summed E-state index contributed by atoms with van der Waals surface area (Å²) in [6.45, 7) is 5.30. The minimum atomic E-state index is -0.229. The van der Waals surface area contributed by atoms with Gasteiger partial charge >= 0.3 is 0 Å². The molecule has 0 saturated heterocycles. The van der Waals surface area contributed by atoms with E-state index >= 15 is 0 Å². The Kier molecular flexibility index (Phi) is 3.49. The third kappa shape index (κ3) is 2.34. The van der Waals surface area contributed by atoms with Gasteiger partial charge < -0.3 is 5.32 Å². The molecule has 0 aliphatic carbocycles. The molecule has 0 radical (unpaired) electrons. The maximum Gasteiger partial charge on any atom is 0.128 e. The van der Waals surface area contributed by atoms with Crippen LogP contribution in [0.15, 0.2) is 24.4 Å². The van der Waals surface area contributed by atoms with Crippen molar-refractivity contribution in [3.8, 4) is 5.69 Å². The molecule has 0 saturated carbocycles. The van der Waals surface area contributed by atoms with Gasteiger partial charge in [-0.2, -0.15) is 0 Å². The fourth-order valence-corrected chi connectivity index (χ4v) is 1.66. The van der Waals surface area contributed by atoms with Crippen molar-refractivity contribution in [1.29, 1.82) is 0 Å². The van der Waals surface area contributed by atoms with Crippen molar-refractivity contribution < 1.29 is 4.39 Å². The number of rotatable bonds is 4. The van der Waals surface area contributed by atoms with E-state index in [-0.39, 0.29) is 5.82 Å². The lowest BCUT2D eigenvalue weighted by Crippen LogP contribution is -2.15. The highest BCUT2D eigenvalue weighted by Crippen LogP contribution is 2.17. The molecule has 0 spiro atoms. The highest BCUT2D eigenvalue weighted by atomic mass is 19.1. The molecule has 0 atom stereocenters. The van der Waals surface area contributed by atoms with Gasteiger partial charge in [0.05, 0.1) is 17.6 Å². The molecule has 2 aromatic rings. The summed E-state index contributed by atoms with van der Waals surface area (Å²) < 4.78 is 15.1. The largest absolute Gasteiger partial charge is 0.311 e. The Balaban J connectivity index is 2.39. The van der Waals surface area contributed by atoms with Crippen LogP contribution in [0, 0.1) is 12.7 Å². The quantitative estimate of drug-likeness (QED) is 0.877. The number of aromatic nitrogens is 3. The predicted octanol–water partition coefficient (Wildman–Crippen LogP) is 1.82. The summed E-state index contributed by atoms with van der Waals surface area (Å²) in [6, 6.07) is 4.96. The van der Waals surface area contributed by atoms with Gasteiger partial charge in [0.2, 0.25) is 0 Å². The maximum absolute atomic E-state index is 13.5. The van der Waals surface area contributed by atoms with Gasteiger partial charge in [0.1, 0.15) is 5.82 Å². The third-order valence-corrected chi connectivity index (χ3v) is 2.64. The van der Waals surface area contributed by atoms with Crippen LogP contribution >= 0.6 is 0 Å². The lowest BCUT2D eigenvalue weighted by molar-refractivity contribution is 0.611. The first-order chi connectivity index (χ1) is 8.24. The molecule has 1 aromatic heterocycles. The molecule has 1 aromatic carbocycles. The summed E-state index contributed by atoms with van der Waals surface area (Å²) >= 11 is 0. The lowest BCUT2D eigenvalue weighted by Gasteiger charge is -2.09. The van der Waals surface area contributed by atoms with Crippen LogP contribution in [0.3, 0.4) is 0 Å². The van der Waals surface area contributed by atoms with E-state index < -0.39 is 0 Å². The molecule has 5 heteroatoms. The molecule has 90 valence electrons. The standard InChI is InChI=1S/C12H15FN4/c1-3-14-7-10-8-15-16-17(10)12-6-4-5-11(13)9(12)2/h4-6,8,14H,3,7H2,1-2H3. The second kappa shape index (κ2) is 5.05. The van der Waals surface area contributed by atoms with Crippen molar-refractivity contribution in [2.75, 3.05) is 6.54 Å². The molecular formula is C12H15FN4. The van der Waals surface area contributed by atoms with Crippen LogP contribution in [0.25, 0.3) is 5.69 Å². The summed E-state index contributed by atoms with van der Waals surface area (Å²) in [7, 11) is 0.